The molecule has 0 spiro atoms. The van der Waals surface area contributed by atoms with Gasteiger partial charge < -0.3 is 14.8 Å². The van der Waals surface area contributed by atoms with E-state index < -0.39 is 12.1 Å². The fourth-order valence-electron chi connectivity index (χ4n) is 3.40. The molecular formula is C23H22N2O6. The third-order valence-electron chi connectivity index (χ3n) is 5.28. The maximum Gasteiger partial charge on any atom is 0.342 e. The van der Waals surface area contributed by atoms with Gasteiger partial charge in [-0.05, 0) is 49.6 Å². The molecule has 2 aromatic carbocycles. The number of amides is 3. The molecule has 1 atom stereocenters. The van der Waals surface area contributed by atoms with Crippen LogP contribution in [0.3, 0.4) is 0 Å². The van der Waals surface area contributed by atoms with Crippen LogP contribution in [0.15, 0.2) is 42.5 Å². The molecule has 1 fully saturated rings. The lowest BCUT2D eigenvalue weighted by atomic mass is 10.1. The first-order valence-corrected chi connectivity index (χ1v) is 10.0. The first kappa shape index (κ1) is 20.6. The maximum absolute atomic E-state index is 12.7. The van der Waals surface area contributed by atoms with Crippen molar-refractivity contribution in [2.75, 3.05) is 7.11 Å². The third kappa shape index (κ3) is 4.14. The molecule has 1 unspecified atom stereocenters. The first-order chi connectivity index (χ1) is 14.9. The fraction of sp³-hybridized carbons (Fsp3) is 0.304. The molecule has 2 aliphatic rings. The quantitative estimate of drug-likeness (QED) is 0.543. The molecule has 0 radical (unpaired) electrons. The Hall–Kier alpha value is -3.68. The number of esters is 1. The summed E-state index contributed by atoms with van der Waals surface area (Å²) in [5, 5.41) is 2.79. The van der Waals surface area contributed by atoms with Gasteiger partial charge in [-0.2, -0.15) is 0 Å². The predicted octanol–water partition coefficient (Wildman–Crippen LogP) is 2.32. The van der Waals surface area contributed by atoms with Crippen molar-refractivity contribution in [2.45, 2.75) is 38.5 Å². The van der Waals surface area contributed by atoms with Crippen LogP contribution < -0.4 is 10.1 Å². The van der Waals surface area contributed by atoms with Crippen LogP contribution >= 0.6 is 0 Å². The van der Waals surface area contributed by atoms with E-state index in [0.29, 0.717) is 16.7 Å². The zero-order valence-electron chi connectivity index (χ0n) is 17.2. The van der Waals surface area contributed by atoms with Crippen LogP contribution in [0.25, 0.3) is 0 Å². The molecule has 1 heterocycles. The largest absolute Gasteiger partial charge is 0.496 e. The fourth-order valence-corrected chi connectivity index (χ4v) is 3.40. The van der Waals surface area contributed by atoms with Gasteiger partial charge in [-0.1, -0.05) is 18.2 Å². The van der Waals surface area contributed by atoms with Crippen LogP contribution in [-0.2, 0) is 16.1 Å². The van der Waals surface area contributed by atoms with Crippen molar-refractivity contribution in [1.82, 2.24) is 10.2 Å². The van der Waals surface area contributed by atoms with Gasteiger partial charge in [0.1, 0.15) is 11.3 Å². The summed E-state index contributed by atoms with van der Waals surface area (Å²) >= 11 is 0. The summed E-state index contributed by atoms with van der Waals surface area (Å²) in [6.07, 6.45) is 0.901. The van der Waals surface area contributed by atoms with E-state index in [-0.39, 0.29) is 41.6 Å². The highest BCUT2D eigenvalue weighted by atomic mass is 16.5. The summed E-state index contributed by atoms with van der Waals surface area (Å²) in [5.74, 6) is -1.57. The lowest BCUT2D eigenvalue weighted by molar-refractivity contribution is -0.129. The molecule has 1 saturated carbocycles. The van der Waals surface area contributed by atoms with E-state index >= 15 is 0 Å². The Morgan fingerprint density at radius 3 is 2.32 bits per heavy atom. The number of nitrogens with one attached hydrogen (secondary N) is 1. The van der Waals surface area contributed by atoms with Crippen LogP contribution in [0.5, 0.6) is 5.75 Å². The van der Waals surface area contributed by atoms with E-state index in [9.17, 15) is 19.2 Å². The first-order valence-electron chi connectivity index (χ1n) is 10.0. The van der Waals surface area contributed by atoms with Crippen molar-refractivity contribution < 1.29 is 28.7 Å². The van der Waals surface area contributed by atoms with Crippen molar-refractivity contribution in [3.8, 4) is 5.75 Å². The van der Waals surface area contributed by atoms with Gasteiger partial charge in [0.25, 0.3) is 17.7 Å². The Morgan fingerprint density at radius 1 is 1.10 bits per heavy atom. The molecule has 1 aliphatic heterocycles. The molecule has 0 aromatic heterocycles. The molecule has 1 N–H and O–H groups in total. The Balaban J connectivity index is 1.51. The molecule has 160 valence electrons. The average molecular weight is 422 g/mol. The van der Waals surface area contributed by atoms with Gasteiger partial charge in [0.2, 0.25) is 0 Å². The molecule has 3 amide bonds. The number of carbonyl (C=O) groups is 4. The summed E-state index contributed by atoms with van der Waals surface area (Å²) in [7, 11) is 1.42. The Labute approximate surface area is 179 Å². The minimum absolute atomic E-state index is 0.00561. The van der Waals surface area contributed by atoms with Crippen LogP contribution in [0.1, 0.15) is 56.4 Å². The topological polar surface area (TPSA) is 102 Å². The van der Waals surface area contributed by atoms with Gasteiger partial charge in [0.05, 0.1) is 24.8 Å². The zero-order valence-corrected chi connectivity index (χ0v) is 17.2. The molecular weight excluding hydrogens is 400 g/mol. The van der Waals surface area contributed by atoms with Crippen molar-refractivity contribution >= 4 is 23.7 Å². The average Bonchev–Trinajstić information content (AvgIpc) is 3.56. The number of benzene rings is 2. The predicted molar refractivity (Wildman–Crippen MR) is 110 cm³/mol. The minimum atomic E-state index is -0.960. The smallest absolute Gasteiger partial charge is 0.342 e. The van der Waals surface area contributed by atoms with Crippen molar-refractivity contribution in [1.29, 1.82) is 0 Å². The third-order valence-corrected chi connectivity index (χ3v) is 5.28. The second-order valence-electron chi connectivity index (χ2n) is 7.61. The number of carbonyl (C=O) groups excluding carboxylic acids is 4. The summed E-state index contributed by atoms with van der Waals surface area (Å²) < 4.78 is 10.6. The van der Waals surface area contributed by atoms with Crippen LogP contribution in [0.4, 0.5) is 0 Å². The highest BCUT2D eigenvalue weighted by molar-refractivity contribution is 6.21. The lowest BCUT2D eigenvalue weighted by Gasteiger charge is -2.17. The number of nitrogens with zero attached hydrogens (tertiary/aromatic N) is 1. The van der Waals surface area contributed by atoms with E-state index in [1.807, 2.05) is 0 Å². The molecule has 8 heteroatoms. The van der Waals surface area contributed by atoms with E-state index in [4.69, 9.17) is 9.47 Å². The summed E-state index contributed by atoms with van der Waals surface area (Å²) in [5.41, 5.74) is 1.38. The number of rotatable bonds is 7. The van der Waals surface area contributed by atoms with Crippen molar-refractivity contribution in [2.24, 2.45) is 0 Å². The van der Waals surface area contributed by atoms with Gasteiger partial charge in [-0.3, -0.25) is 19.3 Å². The number of hydrogen-bond donors (Lipinski definition) is 1. The standard InChI is InChI=1S/C23H22N2O6/c1-13(20(26)24-15-8-9-15)31-23(29)18-11-14(7-10-19(18)30-2)12-25-21(27)16-5-3-4-6-17(16)22(25)28/h3-7,10-11,13,15H,8-9,12H2,1-2H3,(H,24,26). The summed E-state index contributed by atoms with van der Waals surface area (Å²) in [6, 6.07) is 11.5. The highest BCUT2D eigenvalue weighted by Gasteiger charge is 2.35. The van der Waals surface area contributed by atoms with Crippen molar-refractivity contribution in [3.63, 3.8) is 0 Å². The number of imide groups is 1. The van der Waals surface area contributed by atoms with E-state index in [2.05, 4.69) is 5.32 Å². The molecule has 2 aromatic rings. The van der Waals surface area contributed by atoms with E-state index in [0.717, 1.165) is 17.7 Å². The van der Waals surface area contributed by atoms with Crippen LogP contribution in [-0.4, -0.2) is 47.8 Å². The number of ether oxygens (including phenoxy) is 2. The van der Waals surface area contributed by atoms with Crippen LogP contribution in [0, 0.1) is 0 Å². The Bertz CT molecular complexity index is 1040. The Morgan fingerprint density at radius 2 is 1.74 bits per heavy atom. The summed E-state index contributed by atoms with van der Waals surface area (Å²) in [4.78, 5) is 51.2. The van der Waals surface area contributed by atoms with Gasteiger partial charge >= 0.3 is 5.97 Å². The minimum Gasteiger partial charge on any atom is -0.496 e. The molecule has 1 aliphatic carbocycles. The number of hydrogen-bond acceptors (Lipinski definition) is 6. The van der Waals surface area contributed by atoms with Gasteiger partial charge in [0.15, 0.2) is 6.10 Å². The van der Waals surface area contributed by atoms with Crippen LogP contribution in [0.2, 0.25) is 0 Å². The monoisotopic (exact) mass is 422 g/mol. The van der Waals surface area contributed by atoms with Crippen molar-refractivity contribution in [3.05, 3.63) is 64.7 Å². The van der Waals surface area contributed by atoms with E-state index in [1.54, 1.807) is 36.4 Å². The summed E-state index contributed by atoms with van der Waals surface area (Å²) in [6.45, 7) is 1.50. The molecule has 4 rings (SSSR count). The van der Waals surface area contributed by atoms with Gasteiger partial charge in [0, 0.05) is 6.04 Å². The number of methoxy groups -OCH3 is 1. The second-order valence-corrected chi connectivity index (χ2v) is 7.61. The molecule has 8 nitrogen and oxygen atoms in total. The maximum atomic E-state index is 12.7. The molecule has 0 saturated heterocycles. The Kier molecular flexibility index (Phi) is 5.46. The zero-order chi connectivity index (χ0) is 22.1. The second kappa shape index (κ2) is 8.22. The normalized spacial score (nSPS) is 16.0. The van der Waals surface area contributed by atoms with Gasteiger partial charge in [-0.15, -0.1) is 0 Å². The number of fused-ring (bicyclic) bond motifs is 1. The molecule has 31 heavy (non-hydrogen) atoms. The van der Waals surface area contributed by atoms with E-state index in [1.165, 1.54) is 20.1 Å². The lowest BCUT2D eigenvalue weighted by Crippen LogP contribution is -2.37. The highest BCUT2D eigenvalue weighted by Crippen LogP contribution is 2.27. The molecule has 0 bridgehead atoms. The SMILES string of the molecule is COc1ccc(CN2C(=O)c3ccccc3C2=O)cc1C(=O)OC(C)C(=O)NC1CC1. The van der Waals surface area contributed by atoms with Gasteiger partial charge in [-0.25, -0.2) is 4.79 Å².